The standard InChI is InChI=1S/C11H16N2O/c1-14-10-4-9(6-13-7-10)5-11(8-12)2-3-11/h4,6-7H,2-3,5,8,12H2,1H3. The van der Waals surface area contributed by atoms with Crippen molar-refractivity contribution in [2.24, 2.45) is 11.1 Å². The zero-order valence-corrected chi connectivity index (χ0v) is 8.49. The highest BCUT2D eigenvalue weighted by Crippen LogP contribution is 2.47. The molecular formula is C11H16N2O. The van der Waals surface area contributed by atoms with Crippen LogP contribution < -0.4 is 10.5 Å². The van der Waals surface area contributed by atoms with E-state index in [0.29, 0.717) is 5.41 Å². The van der Waals surface area contributed by atoms with Crippen molar-refractivity contribution in [2.75, 3.05) is 13.7 Å². The van der Waals surface area contributed by atoms with E-state index in [1.165, 1.54) is 18.4 Å². The SMILES string of the molecule is COc1cncc(CC2(CN)CC2)c1. The van der Waals surface area contributed by atoms with E-state index in [1.807, 2.05) is 12.3 Å². The summed E-state index contributed by atoms with van der Waals surface area (Å²) in [6.45, 7) is 0.782. The van der Waals surface area contributed by atoms with Crippen LogP contribution in [0.25, 0.3) is 0 Å². The van der Waals surface area contributed by atoms with Crippen molar-refractivity contribution in [3.63, 3.8) is 0 Å². The number of hydrogen-bond acceptors (Lipinski definition) is 3. The van der Waals surface area contributed by atoms with Gasteiger partial charge in [-0.1, -0.05) is 0 Å². The van der Waals surface area contributed by atoms with Gasteiger partial charge in [0.25, 0.3) is 0 Å². The third-order valence-electron chi connectivity index (χ3n) is 2.97. The first-order valence-corrected chi connectivity index (χ1v) is 4.96. The lowest BCUT2D eigenvalue weighted by Gasteiger charge is -2.11. The molecule has 0 atom stereocenters. The Kier molecular flexibility index (Phi) is 2.42. The van der Waals surface area contributed by atoms with Crippen LogP contribution in [0.15, 0.2) is 18.5 Å². The molecule has 2 N–H and O–H groups in total. The fourth-order valence-corrected chi connectivity index (χ4v) is 1.73. The largest absolute Gasteiger partial charge is 0.495 e. The summed E-state index contributed by atoms with van der Waals surface area (Å²) in [5.74, 6) is 0.829. The fraction of sp³-hybridized carbons (Fsp3) is 0.545. The molecule has 1 saturated carbocycles. The topological polar surface area (TPSA) is 48.1 Å². The number of nitrogens with two attached hydrogens (primary N) is 1. The Labute approximate surface area is 84.3 Å². The molecule has 1 aliphatic carbocycles. The van der Waals surface area contributed by atoms with E-state index in [0.717, 1.165) is 18.7 Å². The number of rotatable bonds is 4. The molecule has 14 heavy (non-hydrogen) atoms. The van der Waals surface area contributed by atoms with Crippen LogP contribution in [-0.2, 0) is 6.42 Å². The number of pyridine rings is 1. The Balaban J connectivity index is 2.09. The van der Waals surface area contributed by atoms with E-state index >= 15 is 0 Å². The number of hydrogen-bond donors (Lipinski definition) is 1. The first kappa shape index (κ1) is 9.46. The van der Waals surface area contributed by atoms with Gasteiger partial charge in [0.1, 0.15) is 5.75 Å². The maximum absolute atomic E-state index is 5.74. The first-order chi connectivity index (χ1) is 6.78. The molecule has 0 unspecified atom stereocenters. The fourth-order valence-electron chi connectivity index (χ4n) is 1.73. The summed E-state index contributed by atoms with van der Waals surface area (Å²) < 4.78 is 5.13. The maximum Gasteiger partial charge on any atom is 0.137 e. The third kappa shape index (κ3) is 1.87. The van der Waals surface area contributed by atoms with E-state index < -0.39 is 0 Å². The van der Waals surface area contributed by atoms with Crippen LogP contribution >= 0.6 is 0 Å². The third-order valence-corrected chi connectivity index (χ3v) is 2.97. The molecular weight excluding hydrogens is 176 g/mol. The molecule has 3 nitrogen and oxygen atoms in total. The van der Waals surface area contributed by atoms with Crippen LogP contribution in [0.3, 0.4) is 0 Å². The summed E-state index contributed by atoms with van der Waals surface area (Å²) in [6.07, 6.45) is 7.17. The molecule has 0 bridgehead atoms. The van der Waals surface area contributed by atoms with Gasteiger partial charge in [0.2, 0.25) is 0 Å². The van der Waals surface area contributed by atoms with Crippen LogP contribution in [-0.4, -0.2) is 18.6 Å². The Morgan fingerprint density at radius 1 is 1.50 bits per heavy atom. The summed E-state index contributed by atoms with van der Waals surface area (Å²) in [4.78, 5) is 4.14. The van der Waals surface area contributed by atoms with Crippen molar-refractivity contribution >= 4 is 0 Å². The van der Waals surface area contributed by atoms with Gasteiger partial charge in [0, 0.05) is 6.20 Å². The van der Waals surface area contributed by atoms with Gasteiger partial charge in [-0.15, -0.1) is 0 Å². The van der Waals surface area contributed by atoms with Crippen molar-refractivity contribution in [3.8, 4) is 5.75 Å². The highest BCUT2D eigenvalue weighted by molar-refractivity contribution is 5.25. The molecule has 0 aliphatic heterocycles. The molecule has 0 saturated heterocycles. The van der Waals surface area contributed by atoms with Crippen molar-refractivity contribution in [2.45, 2.75) is 19.3 Å². The minimum Gasteiger partial charge on any atom is -0.495 e. The van der Waals surface area contributed by atoms with Crippen LogP contribution in [0.5, 0.6) is 5.75 Å². The lowest BCUT2D eigenvalue weighted by molar-refractivity contribution is 0.411. The molecule has 1 heterocycles. The smallest absolute Gasteiger partial charge is 0.137 e. The number of aromatic nitrogens is 1. The summed E-state index contributed by atoms with van der Waals surface area (Å²) in [6, 6.07) is 2.04. The van der Waals surface area contributed by atoms with Crippen LogP contribution in [0.2, 0.25) is 0 Å². The molecule has 1 aromatic rings. The van der Waals surface area contributed by atoms with Gasteiger partial charge >= 0.3 is 0 Å². The van der Waals surface area contributed by atoms with E-state index in [9.17, 15) is 0 Å². The summed E-state index contributed by atoms with van der Waals surface area (Å²) in [5.41, 5.74) is 7.33. The zero-order chi connectivity index (χ0) is 10.0. The minimum atomic E-state index is 0.369. The minimum absolute atomic E-state index is 0.369. The Bertz CT molecular complexity index is 321. The lowest BCUT2D eigenvalue weighted by Crippen LogP contribution is -2.17. The number of ether oxygens (including phenoxy) is 1. The Morgan fingerprint density at radius 2 is 2.29 bits per heavy atom. The van der Waals surface area contributed by atoms with Crippen molar-refractivity contribution in [1.29, 1.82) is 0 Å². The van der Waals surface area contributed by atoms with Gasteiger partial charge < -0.3 is 10.5 Å². The summed E-state index contributed by atoms with van der Waals surface area (Å²) in [5, 5.41) is 0. The monoisotopic (exact) mass is 192 g/mol. The predicted octanol–water partition coefficient (Wildman–Crippen LogP) is 1.37. The Hall–Kier alpha value is -1.09. The molecule has 76 valence electrons. The van der Waals surface area contributed by atoms with Crippen LogP contribution in [0.4, 0.5) is 0 Å². The quantitative estimate of drug-likeness (QED) is 0.783. The molecule has 1 aromatic heterocycles. The first-order valence-electron chi connectivity index (χ1n) is 4.96. The van der Waals surface area contributed by atoms with Gasteiger partial charge in [-0.25, -0.2) is 0 Å². The van der Waals surface area contributed by atoms with Crippen LogP contribution in [0, 0.1) is 5.41 Å². The number of nitrogens with zero attached hydrogens (tertiary/aromatic N) is 1. The van der Waals surface area contributed by atoms with E-state index in [-0.39, 0.29) is 0 Å². The van der Waals surface area contributed by atoms with Crippen molar-refractivity contribution in [1.82, 2.24) is 4.98 Å². The molecule has 0 radical (unpaired) electrons. The molecule has 0 spiro atoms. The molecule has 2 rings (SSSR count). The summed E-state index contributed by atoms with van der Waals surface area (Å²) >= 11 is 0. The molecule has 3 heteroatoms. The average molecular weight is 192 g/mol. The Morgan fingerprint density at radius 3 is 2.86 bits per heavy atom. The van der Waals surface area contributed by atoms with Crippen molar-refractivity contribution < 1.29 is 4.74 Å². The van der Waals surface area contributed by atoms with Crippen LogP contribution in [0.1, 0.15) is 18.4 Å². The predicted molar refractivity (Wildman–Crippen MR) is 55.2 cm³/mol. The van der Waals surface area contributed by atoms with E-state index in [2.05, 4.69) is 4.98 Å². The van der Waals surface area contributed by atoms with Gasteiger partial charge in [-0.2, -0.15) is 0 Å². The molecule has 1 aliphatic rings. The molecule has 0 amide bonds. The highest BCUT2D eigenvalue weighted by atomic mass is 16.5. The average Bonchev–Trinajstić information content (AvgIpc) is 2.99. The van der Waals surface area contributed by atoms with E-state index in [1.54, 1.807) is 13.3 Å². The zero-order valence-electron chi connectivity index (χ0n) is 8.49. The molecule has 1 fully saturated rings. The molecule has 0 aromatic carbocycles. The lowest BCUT2D eigenvalue weighted by atomic mass is 9.98. The second-order valence-corrected chi connectivity index (χ2v) is 4.11. The maximum atomic E-state index is 5.74. The second kappa shape index (κ2) is 3.58. The number of methoxy groups -OCH3 is 1. The van der Waals surface area contributed by atoms with Gasteiger partial charge in [0.05, 0.1) is 13.3 Å². The highest BCUT2D eigenvalue weighted by Gasteiger charge is 2.40. The van der Waals surface area contributed by atoms with E-state index in [4.69, 9.17) is 10.5 Å². The van der Waals surface area contributed by atoms with Gasteiger partial charge in [-0.3, -0.25) is 4.98 Å². The van der Waals surface area contributed by atoms with Gasteiger partial charge in [-0.05, 0) is 42.9 Å². The normalized spacial score (nSPS) is 17.9. The summed E-state index contributed by atoms with van der Waals surface area (Å²) in [7, 11) is 1.66. The second-order valence-electron chi connectivity index (χ2n) is 4.11. The van der Waals surface area contributed by atoms with Crippen molar-refractivity contribution in [3.05, 3.63) is 24.0 Å². The van der Waals surface area contributed by atoms with Gasteiger partial charge in [0.15, 0.2) is 0 Å².